The van der Waals surface area contributed by atoms with Crippen molar-refractivity contribution in [2.75, 3.05) is 7.11 Å². The molecule has 0 radical (unpaired) electrons. The van der Waals surface area contributed by atoms with Crippen LogP contribution in [0, 0.1) is 0 Å². The number of H-pyrrole nitrogens is 1. The van der Waals surface area contributed by atoms with Gasteiger partial charge in [0.25, 0.3) is 0 Å². The summed E-state index contributed by atoms with van der Waals surface area (Å²) in [5, 5.41) is 0. The molecule has 0 unspecified atom stereocenters. The number of aromatic amines is 1. The number of methoxy groups -OCH3 is 1. The van der Waals surface area contributed by atoms with Crippen LogP contribution in [0.5, 0.6) is 0 Å². The summed E-state index contributed by atoms with van der Waals surface area (Å²) in [5.41, 5.74) is -7.51. The van der Waals surface area contributed by atoms with Crippen molar-refractivity contribution >= 4 is 5.97 Å². The predicted molar refractivity (Wildman–Crippen MR) is 48.4 cm³/mol. The fourth-order valence-electron chi connectivity index (χ4n) is 1.31. The predicted octanol–water partition coefficient (Wildman–Crippen LogP) is 2.20. The molecule has 0 bridgehead atoms. The molecule has 0 spiro atoms. The minimum Gasteiger partial charge on any atom is -0.465 e. The Morgan fingerprint density at radius 3 is 2.05 bits per heavy atom. The first-order valence-electron chi connectivity index (χ1n) is 4.48. The summed E-state index contributed by atoms with van der Waals surface area (Å²) < 4.78 is 79.2. The van der Waals surface area contributed by atoms with Crippen LogP contribution < -0.4 is 5.56 Å². The van der Waals surface area contributed by atoms with E-state index in [0.29, 0.717) is 7.11 Å². The number of nitrogens with one attached hydrogen (secondary N) is 1. The Labute approximate surface area is 101 Å². The number of carbonyl (C=O) groups is 1. The lowest BCUT2D eigenvalue weighted by molar-refractivity contribution is -0.146. The topological polar surface area (TPSA) is 59.2 Å². The zero-order valence-corrected chi connectivity index (χ0v) is 9.07. The largest absolute Gasteiger partial charge is 0.465 e. The molecule has 10 heteroatoms. The van der Waals surface area contributed by atoms with Crippen molar-refractivity contribution < 1.29 is 35.9 Å². The second-order valence-electron chi connectivity index (χ2n) is 3.28. The molecule has 0 saturated carbocycles. The lowest BCUT2D eigenvalue weighted by atomic mass is 10.1. The first-order valence-corrected chi connectivity index (χ1v) is 4.48. The molecule has 19 heavy (non-hydrogen) atoms. The molecule has 1 aromatic rings. The Morgan fingerprint density at radius 2 is 1.68 bits per heavy atom. The summed E-state index contributed by atoms with van der Waals surface area (Å²) in [5.74, 6) is -1.85. The normalized spacial score (nSPS) is 12.4. The molecule has 0 aliphatic carbocycles. The summed E-state index contributed by atoms with van der Waals surface area (Å²) >= 11 is 0. The van der Waals surface area contributed by atoms with Crippen LogP contribution >= 0.6 is 0 Å². The first-order chi connectivity index (χ1) is 8.48. The maximum atomic E-state index is 12.6. The number of ether oxygens (including phenoxy) is 1. The number of aromatic nitrogens is 1. The lowest BCUT2D eigenvalue weighted by Crippen LogP contribution is -2.27. The van der Waals surface area contributed by atoms with Gasteiger partial charge in [0.15, 0.2) is 0 Å². The third-order valence-corrected chi connectivity index (χ3v) is 2.02. The van der Waals surface area contributed by atoms with Crippen molar-refractivity contribution in [1.29, 1.82) is 0 Å². The van der Waals surface area contributed by atoms with Crippen LogP contribution in [0.25, 0.3) is 0 Å². The SMILES string of the molecule is COC(=O)c1c(C(F)(F)F)cc(=O)[nH]c1C(F)(F)F. The molecule has 1 aromatic heterocycles. The number of hydrogen-bond donors (Lipinski definition) is 1. The highest BCUT2D eigenvalue weighted by atomic mass is 19.4. The van der Waals surface area contributed by atoms with Gasteiger partial charge in [-0.05, 0) is 0 Å². The van der Waals surface area contributed by atoms with Gasteiger partial charge in [0.05, 0.1) is 12.7 Å². The Bertz CT molecular complexity index is 518. The molecule has 0 atom stereocenters. The van der Waals surface area contributed by atoms with Gasteiger partial charge < -0.3 is 9.72 Å². The molecule has 0 aliphatic rings. The Kier molecular flexibility index (Phi) is 3.64. The van der Waals surface area contributed by atoms with Gasteiger partial charge in [-0.3, -0.25) is 4.79 Å². The van der Waals surface area contributed by atoms with Crippen molar-refractivity contribution in [3.05, 3.63) is 33.2 Å². The van der Waals surface area contributed by atoms with Crippen LogP contribution in [-0.2, 0) is 17.1 Å². The molecule has 1 rings (SSSR count). The Morgan fingerprint density at radius 1 is 1.16 bits per heavy atom. The number of rotatable bonds is 1. The van der Waals surface area contributed by atoms with E-state index >= 15 is 0 Å². The van der Waals surface area contributed by atoms with E-state index in [1.807, 2.05) is 0 Å². The lowest BCUT2D eigenvalue weighted by Gasteiger charge is -2.16. The number of carbonyl (C=O) groups excluding carboxylic acids is 1. The second kappa shape index (κ2) is 4.59. The Hall–Kier alpha value is -2.00. The van der Waals surface area contributed by atoms with Crippen molar-refractivity contribution in [2.24, 2.45) is 0 Å². The van der Waals surface area contributed by atoms with Crippen molar-refractivity contribution in [3.63, 3.8) is 0 Å². The fraction of sp³-hybridized carbons (Fsp3) is 0.333. The maximum absolute atomic E-state index is 12.6. The third-order valence-electron chi connectivity index (χ3n) is 2.02. The molecule has 0 aliphatic heterocycles. The van der Waals surface area contributed by atoms with Crippen molar-refractivity contribution in [3.8, 4) is 0 Å². The van der Waals surface area contributed by atoms with Gasteiger partial charge in [0, 0.05) is 6.07 Å². The standard InChI is InChI=1S/C9H5F6NO3/c1-19-7(18)5-3(8(10,11)12)2-4(17)16-6(5)9(13,14)15/h2H,1H3,(H,16,17). The van der Waals surface area contributed by atoms with E-state index in [9.17, 15) is 35.9 Å². The van der Waals surface area contributed by atoms with Gasteiger partial charge in [0.1, 0.15) is 11.3 Å². The van der Waals surface area contributed by atoms with E-state index in [4.69, 9.17) is 0 Å². The molecular formula is C9H5F6NO3. The van der Waals surface area contributed by atoms with Crippen LogP contribution in [0.15, 0.2) is 10.9 Å². The number of hydrogen-bond acceptors (Lipinski definition) is 3. The minimum atomic E-state index is -5.34. The average Bonchev–Trinajstić information content (AvgIpc) is 2.24. The highest BCUT2D eigenvalue weighted by Gasteiger charge is 2.44. The summed E-state index contributed by atoms with van der Waals surface area (Å²) in [6, 6.07) is -0.137. The van der Waals surface area contributed by atoms with E-state index < -0.39 is 40.7 Å². The molecule has 0 fully saturated rings. The number of alkyl halides is 6. The second-order valence-corrected chi connectivity index (χ2v) is 3.28. The van der Waals surface area contributed by atoms with E-state index in [2.05, 4.69) is 4.74 Å². The molecule has 0 saturated heterocycles. The number of esters is 1. The van der Waals surface area contributed by atoms with Crippen LogP contribution in [0.3, 0.4) is 0 Å². The molecule has 0 amide bonds. The number of pyridine rings is 1. The number of halogens is 6. The van der Waals surface area contributed by atoms with Gasteiger partial charge >= 0.3 is 18.3 Å². The van der Waals surface area contributed by atoms with Crippen molar-refractivity contribution in [2.45, 2.75) is 12.4 Å². The fourth-order valence-corrected chi connectivity index (χ4v) is 1.31. The van der Waals surface area contributed by atoms with Gasteiger partial charge in [-0.25, -0.2) is 4.79 Å². The van der Waals surface area contributed by atoms with Crippen LogP contribution in [0.4, 0.5) is 26.3 Å². The third kappa shape index (κ3) is 3.06. The smallest absolute Gasteiger partial charge is 0.432 e. The van der Waals surface area contributed by atoms with Gasteiger partial charge in [0.2, 0.25) is 5.56 Å². The minimum absolute atomic E-state index is 0.137. The summed E-state index contributed by atoms with van der Waals surface area (Å²) in [6.07, 6.45) is -10.7. The van der Waals surface area contributed by atoms with Crippen LogP contribution in [0.2, 0.25) is 0 Å². The van der Waals surface area contributed by atoms with Gasteiger partial charge in [-0.15, -0.1) is 0 Å². The first kappa shape index (κ1) is 15.1. The van der Waals surface area contributed by atoms with E-state index in [1.165, 1.54) is 0 Å². The highest BCUT2D eigenvalue weighted by molar-refractivity contribution is 5.92. The maximum Gasteiger partial charge on any atom is 0.432 e. The average molecular weight is 289 g/mol. The summed E-state index contributed by atoms with van der Waals surface area (Å²) in [6.45, 7) is 0. The molecular weight excluding hydrogens is 284 g/mol. The molecule has 1 N–H and O–H groups in total. The van der Waals surface area contributed by atoms with E-state index in [-0.39, 0.29) is 6.07 Å². The van der Waals surface area contributed by atoms with Crippen molar-refractivity contribution in [1.82, 2.24) is 4.98 Å². The van der Waals surface area contributed by atoms with Gasteiger partial charge in [-0.2, -0.15) is 26.3 Å². The van der Waals surface area contributed by atoms with E-state index in [0.717, 1.165) is 4.98 Å². The molecule has 106 valence electrons. The summed E-state index contributed by atoms with van der Waals surface area (Å²) in [4.78, 5) is 23.1. The Balaban J connectivity index is 3.79. The molecule has 1 heterocycles. The summed E-state index contributed by atoms with van der Waals surface area (Å²) in [7, 11) is 0.619. The zero-order valence-electron chi connectivity index (χ0n) is 9.07. The quantitative estimate of drug-likeness (QED) is 0.637. The highest BCUT2D eigenvalue weighted by Crippen LogP contribution is 2.37. The molecule has 0 aromatic carbocycles. The van der Waals surface area contributed by atoms with Gasteiger partial charge in [-0.1, -0.05) is 0 Å². The molecule has 4 nitrogen and oxygen atoms in total. The zero-order chi connectivity index (χ0) is 15.0. The monoisotopic (exact) mass is 289 g/mol. The van der Waals surface area contributed by atoms with E-state index in [1.54, 1.807) is 0 Å². The van der Waals surface area contributed by atoms with Crippen LogP contribution in [-0.4, -0.2) is 18.1 Å². The van der Waals surface area contributed by atoms with Crippen LogP contribution in [0.1, 0.15) is 21.6 Å².